The first-order valence-corrected chi connectivity index (χ1v) is 13.1. The summed E-state index contributed by atoms with van der Waals surface area (Å²) in [5, 5.41) is 19.5. The standard InChI is InChI=1S/C22H40N2O6S.Na/c1-2-3-4-5-6-7-8-9-10-11-12-13-21(27)22-23-14-15-24(22,16-17-25)18-20(26)19-31(28,29)30;/h9-10,20,25-26H,2-8,11-19H2,1H3;/q;+1/b10-9+;. The molecule has 1 heterocycles. The van der Waals surface area contributed by atoms with Gasteiger partial charge in [-0.3, -0.25) is 9.28 Å². The van der Waals surface area contributed by atoms with E-state index in [1.807, 2.05) is 0 Å². The molecule has 0 aromatic heterocycles. The van der Waals surface area contributed by atoms with Crippen molar-refractivity contribution in [3.05, 3.63) is 12.2 Å². The van der Waals surface area contributed by atoms with Crippen molar-refractivity contribution < 1.29 is 62.0 Å². The summed E-state index contributed by atoms with van der Waals surface area (Å²) in [4.78, 5) is 17.0. The fourth-order valence-electron chi connectivity index (χ4n) is 4.10. The SMILES string of the molecule is CCCCCCCC/C=C/CCCC(=O)C1=NCC[N+]1(CCO)CC(O)CS(=O)(=O)[O-].[Na+]. The van der Waals surface area contributed by atoms with E-state index in [1.165, 1.54) is 38.5 Å². The van der Waals surface area contributed by atoms with E-state index < -0.39 is 22.0 Å². The Labute approximate surface area is 215 Å². The molecular formula is C22H40N2NaO6S+. The number of unbranched alkanes of at least 4 members (excludes halogenated alkanes) is 7. The van der Waals surface area contributed by atoms with Crippen LogP contribution in [0.3, 0.4) is 0 Å². The van der Waals surface area contributed by atoms with Gasteiger partial charge in [-0.05, 0) is 25.7 Å². The Kier molecular flexibility index (Phi) is 17.3. The molecule has 32 heavy (non-hydrogen) atoms. The number of aliphatic hydroxyl groups excluding tert-OH is 2. The predicted octanol–water partition coefficient (Wildman–Crippen LogP) is -0.836. The number of allylic oxidation sites excluding steroid dienone is 2. The number of amidine groups is 1. The number of aliphatic hydroxyl groups is 2. The number of quaternary nitrogens is 1. The minimum absolute atomic E-state index is 0. The van der Waals surface area contributed by atoms with E-state index in [0.717, 1.165) is 12.8 Å². The van der Waals surface area contributed by atoms with Gasteiger partial charge in [0.1, 0.15) is 25.7 Å². The summed E-state index contributed by atoms with van der Waals surface area (Å²) in [7, 11) is -4.58. The number of Topliss-reactive ketones (excluding diaryl/α,β-unsaturated/α-hetero) is 1. The Bertz CT molecular complexity index is 699. The topological polar surface area (TPSA) is 127 Å². The maximum absolute atomic E-state index is 12.7. The first-order valence-electron chi connectivity index (χ1n) is 11.6. The largest absolute Gasteiger partial charge is 1.00 e. The number of carbonyl (C=O) groups is 1. The number of carbonyl (C=O) groups excluding carboxylic acids is 1. The summed E-state index contributed by atoms with van der Waals surface area (Å²) in [6.45, 7) is 2.78. The van der Waals surface area contributed by atoms with Crippen LogP contribution in [-0.4, -0.2) is 83.9 Å². The average Bonchev–Trinajstić information content (AvgIpc) is 3.07. The van der Waals surface area contributed by atoms with E-state index in [-0.39, 0.29) is 65.4 Å². The van der Waals surface area contributed by atoms with E-state index in [2.05, 4.69) is 24.1 Å². The van der Waals surface area contributed by atoms with Crippen molar-refractivity contribution in [3.63, 3.8) is 0 Å². The Morgan fingerprint density at radius 2 is 1.78 bits per heavy atom. The molecule has 0 saturated carbocycles. The van der Waals surface area contributed by atoms with E-state index in [1.54, 1.807) is 0 Å². The molecule has 1 rings (SSSR count). The van der Waals surface area contributed by atoms with Crippen molar-refractivity contribution in [3.8, 4) is 0 Å². The van der Waals surface area contributed by atoms with Gasteiger partial charge in [0.15, 0.2) is 0 Å². The summed E-state index contributed by atoms with van der Waals surface area (Å²) in [5.41, 5.74) is 0. The van der Waals surface area contributed by atoms with Gasteiger partial charge < -0.3 is 14.8 Å². The molecule has 10 heteroatoms. The molecule has 180 valence electrons. The zero-order valence-electron chi connectivity index (χ0n) is 19.9. The van der Waals surface area contributed by atoms with Crippen LogP contribution < -0.4 is 29.6 Å². The van der Waals surface area contributed by atoms with Crippen LogP contribution in [0.4, 0.5) is 0 Å². The Morgan fingerprint density at radius 3 is 2.41 bits per heavy atom. The molecule has 0 aliphatic carbocycles. The van der Waals surface area contributed by atoms with Gasteiger partial charge in [-0.25, -0.2) is 13.4 Å². The molecule has 0 amide bonds. The van der Waals surface area contributed by atoms with Crippen molar-refractivity contribution in [2.45, 2.75) is 77.2 Å². The zero-order chi connectivity index (χ0) is 23.2. The molecule has 0 aromatic carbocycles. The number of rotatable bonds is 18. The maximum Gasteiger partial charge on any atom is 1.00 e. The maximum atomic E-state index is 12.7. The Balaban J connectivity index is 0.00000961. The molecular weight excluding hydrogens is 443 g/mol. The van der Waals surface area contributed by atoms with Gasteiger partial charge in [-0.1, -0.05) is 51.2 Å². The number of hydrogen-bond donors (Lipinski definition) is 2. The van der Waals surface area contributed by atoms with Crippen LogP contribution >= 0.6 is 0 Å². The molecule has 2 N–H and O–H groups in total. The second-order valence-electron chi connectivity index (χ2n) is 8.43. The van der Waals surface area contributed by atoms with Gasteiger partial charge in [-0.15, -0.1) is 0 Å². The van der Waals surface area contributed by atoms with Crippen LogP contribution in [0.15, 0.2) is 17.1 Å². The van der Waals surface area contributed by atoms with Crippen LogP contribution in [0.25, 0.3) is 0 Å². The minimum Gasteiger partial charge on any atom is -0.748 e. The zero-order valence-corrected chi connectivity index (χ0v) is 22.7. The van der Waals surface area contributed by atoms with Crippen LogP contribution in [0.2, 0.25) is 0 Å². The van der Waals surface area contributed by atoms with Crippen molar-refractivity contribution in [2.24, 2.45) is 4.99 Å². The molecule has 0 radical (unpaired) electrons. The van der Waals surface area contributed by atoms with E-state index in [9.17, 15) is 28.0 Å². The van der Waals surface area contributed by atoms with Crippen molar-refractivity contribution in [1.29, 1.82) is 0 Å². The summed E-state index contributed by atoms with van der Waals surface area (Å²) < 4.78 is 32.8. The molecule has 1 aliphatic rings. The third-order valence-electron chi connectivity index (χ3n) is 5.64. The predicted molar refractivity (Wildman–Crippen MR) is 121 cm³/mol. The molecule has 1 aliphatic heterocycles. The van der Waals surface area contributed by atoms with Gasteiger partial charge in [0.2, 0.25) is 5.78 Å². The van der Waals surface area contributed by atoms with Crippen LogP contribution in [-0.2, 0) is 14.9 Å². The molecule has 0 bridgehead atoms. The molecule has 2 atom stereocenters. The van der Waals surface area contributed by atoms with Crippen molar-refractivity contribution in [2.75, 3.05) is 38.5 Å². The van der Waals surface area contributed by atoms with E-state index in [0.29, 0.717) is 25.9 Å². The summed E-state index contributed by atoms with van der Waals surface area (Å²) in [6, 6.07) is 0. The van der Waals surface area contributed by atoms with Crippen molar-refractivity contribution in [1.82, 2.24) is 0 Å². The Morgan fingerprint density at radius 1 is 1.16 bits per heavy atom. The van der Waals surface area contributed by atoms with Gasteiger partial charge >= 0.3 is 29.6 Å². The molecule has 0 saturated heterocycles. The Hall–Kier alpha value is -0.130. The quantitative estimate of drug-likeness (QED) is 0.0861. The summed E-state index contributed by atoms with van der Waals surface area (Å²) >= 11 is 0. The number of ketones is 1. The number of hydrogen-bond acceptors (Lipinski definition) is 7. The summed E-state index contributed by atoms with van der Waals surface area (Å²) in [6.07, 6.45) is 13.3. The fraction of sp³-hybridized carbons (Fsp3) is 0.818. The van der Waals surface area contributed by atoms with Gasteiger partial charge in [0.25, 0.3) is 5.84 Å². The third kappa shape index (κ3) is 12.9. The molecule has 0 spiro atoms. The van der Waals surface area contributed by atoms with E-state index in [4.69, 9.17) is 0 Å². The minimum atomic E-state index is -4.58. The average molecular weight is 484 g/mol. The second-order valence-corrected chi connectivity index (χ2v) is 9.87. The molecule has 0 fully saturated rings. The fourth-order valence-corrected chi connectivity index (χ4v) is 4.67. The van der Waals surface area contributed by atoms with Crippen molar-refractivity contribution >= 4 is 21.7 Å². The van der Waals surface area contributed by atoms with Crippen LogP contribution in [0.1, 0.15) is 71.1 Å². The van der Waals surface area contributed by atoms with Gasteiger partial charge in [0.05, 0.1) is 29.0 Å². The first-order chi connectivity index (χ1) is 14.7. The van der Waals surface area contributed by atoms with E-state index >= 15 is 0 Å². The monoisotopic (exact) mass is 483 g/mol. The normalized spacial score (nSPS) is 19.7. The molecule has 8 nitrogen and oxygen atoms in total. The second kappa shape index (κ2) is 17.3. The first kappa shape index (κ1) is 31.9. The van der Waals surface area contributed by atoms with Crippen LogP contribution in [0.5, 0.6) is 0 Å². The third-order valence-corrected chi connectivity index (χ3v) is 6.43. The molecule has 0 aromatic rings. The number of nitrogens with zero attached hydrogens (tertiary/aromatic N) is 2. The van der Waals surface area contributed by atoms with Gasteiger partial charge in [-0.2, -0.15) is 0 Å². The van der Waals surface area contributed by atoms with Gasteiger partial charge in [0, 0.05) is 6.42 Å². The summed E-state index contributed by atoms with van der Waals surface area (Å²) in [5.74, 6) is -0.788. The molecule has 2 unspecified atom stereocenters. The van der Waals surface area contributed by atoms with Crippen LogP contribution in [0, 0.1) is 0 Å². The number of aliphatic imine (C=N–C) groups is 1. The smallest absolute Gasteiger partial charge is 0.748 e.